The Bertz CT molecular complexity index is 719. The molecular formula is C14H13FN2OS. The third-order valence-corrected chi connectivity index (χ3v) is 4.26. The summed E-state index contributed by atoms with van der Waals surface area (Å²) in [4.78, 5) is 0.802. The van der Waals surface area contributed by atoms with Crippen LogP contribution >= 0.6 is 11.3 Å². The molecule has 0 spiro atoms. The van der Waals surface area contributed by atoms with E-state index in [9.17, 15) is 9.50 Å². The summed E-state index contributed by atoms with van der Waals surface area (Å²) >= 11 is 1.47. The van der Waals surface area contributed by atoms with E-state index in [1.165, 1.54) is 23.5 Å². The third kappa shape index (κ3) is 2.15. The van der Waals surface area contributed by atoms with Gasteiger partial charge >= 0.3 is 0 Å². The number of aliphatic hydroxyl groups is 1. The maximum atomic E-state index is 13.2. The molecule has 19 heavy (non-hydrogen) atoms. The van der Waals surface area contributed by atoms with Gasteiger partial charge < -0.3 is 5.11 Å². The maximum absolute atomic E-state index is 13.2. The molecule has 0 aliphatic carbocycles. The molecule has 98 valence electrons. The number of halogens is 1. The molecule has 3 rings (SSSR count). The summed E-state index contributed by atoms with van der Waals surface area (Å²) in [7, 11) is 0. The highest BCUT2D eigenvalue weighted by Crippen LogP contribution is 2.33. The third-order valence-electron chi connectivity index (χ3n) is 3.10. The van der Waals surface area contributed by atoms with Gasteiger partial charge in [0.1, 0.15) is 11.9 Å². The van der Waals surface area contributed by atoms with Crippen LogP contribution in [-0.4, -0.2) is 14.9 Å². The Balaban J connectivity index is 2.04. The lowest BCUT2D eigenvalue weighted by Crippen LogP contribution is -2.07. The standard InChI is InChI=1S/C14H13FN2OS/c1-2-17-11(5-6-16-17)14(18)13-8-9-7-10(15)3-4-12(9)19-13/h3-8,14,18H,2H2,1H3. The van der Waals surface area contributed by atoms with Crippen molar-refractivity contribution < 1.29 is 9.50 Å². The minimum atomic E-state index is -0.720. The van der Waals surface area contributed by atoms with Gasteiger partial charge in [0.2, 0.25) is 0 Å². The normalized spacial score (nSPS) is 13.0. The molecule has 0 saturated heterocycles. The van der Waals surface area contributed by atoms with Crippen molar-refractivity contribution in [3.05, 3.63) is 52.9 Å². The molecule has 5 heteroatoms. The fourth-order valence-electron chi connectivity index (χ4n) is 2.15. The monoisotopic (exact) mass is 276 g/mol. The Kier molecular flexibility index (Phi) is 3.08. The minimum absolute atomic E-state index is 0.259. The molecule has 1 unspecified atom stereocenters. The number of benzene rings is 1. The Hall–Kier alpha value is -1.72. The van der Waals surface area contributed by atoms with Crippen molar-refractivity contribution in [3.63, 3.8) is 0 Å². The maximum Gasteiger partial charge on any atom is 0.130 e. The number of hydrogen-bond donors (Lipinski definition) is 1. The number of rotatable bonds is 3. The summed E-state index contributed by atoms with van der Waals surface area (Å²) in [5, 5.41) is 15.4. The Morgan fingerprint density at radius 3 is 3.00 bits per heavy atom. The van der Waals surface area contributed by atoms with Crippen LogP contribution in [0.3, 0.4) is 0 Å². The van der Waals surface area contributed by atoms with E-state index in [4.69, 9.17) is 0 Å². The smallest absolute Gasteiger partial charge is 0.130 e. The first-order chi connectivity index (χ1) is 9.19. The average Bonchev–Trinajstić information content (AvgIpc) is 3.03. The van der Waals surface area contributed by atoms with E-state index < -0.39 is 6.10 Å². The topological polar surface area (TPSA) is 38.0 Å². The van der Waals surface area contributed by atoms with Gasteiger partial charge in [0.15, 0.2) is 0 Å². The number of thiophene rings is 1. The summed E-state index contributed by atoms with van der Waals surface area (Å²) in [6, 6.07) is 8.30. The molecule has 1 aromatic carbocycles. The number of aryl methyl sites for hydroxylation is 1. The second-order valence-corrected chi connectivity index (χ2v) is 5.42. The predicted octanol–water partition coefficient (Wildman–Crippen LogP) is 3.34. The number of aromatic nitrogens is 2. The second-order valence-electron chi connectivity index (χ2n) is 4.31. The van der Waals surface area contributed by atoms with Crippen LogP contribution < -0.4 is 0 Å². The quantitative estimate of drug-likeness (QED) is 0.796. The van der Waals surface area contributed by atoms with Crippen LogP contribution in [0.25, 0.3) is 10.1 Å². The van der Waals surface area contributed by atoms with Gasteiger partial charge in [-0.3, -0.25) is 4.68 Å². The van der Waals surface area contributed by atoms with Crippen molar-refractivity contribution in [2.24, 2.45) is 0 Å². The van der Waals surface area contributed by atoms with Gasteiger partial charge in [0.05, 0.1) is 5.69 Å². The predicted molar refractivity (Wildman–Crippen MR) is 73.7 cm³/mol. The van der Waals surface area contributed by atoms with E-state index in [0.717, 1.165) is 20.7 Å². The highest BCUT2D eigenvalue weighted by molar-refractivity contribution is 7.19. The highest BCUT2D eigenvalue weighted by atomic mass is 32.1. The van der Waals surface area contributed by atoms with Crippen LogP contribution in [0.4, 0.5) is 4.39 Å². The van der Waals surface area contributed by atoms with Crippen LogP contribution in [-0.2, 0) is 6.54 Å². The zero-order valence-corrected chi connectivity index (χ0v) is 11.2. The van der Waals surface area contributed by atoms with Crippen molar-refractivity contribution in [3.8, 4) is 0 Å². The number of hydrogen-bond acceptors (Lipinski definition) is 3. The van der Waals surface area contributed by atoms with Crippen molar-refractivity contribution in [2.75, 3.05) is 0 Å². The van der Waals surface area contributed by atoms with Crippen LogP contribution in [0.15, 0.2) is 36.5 Å². The first-order valence-corrected chi connectivity index (χ1v) is 6.89. The van der Waals surface area contributed by atoms with E-state index in [2.05, 4.69) is 5.10 Å². The van der Waals surface area contributed by atoms with Gasteiger partial charge in [-0.1, -0.05) is 0 Å². The van der Waals surface area contributed by atoms with Crippen LogP contribution in [0.2, 0.25) is 0 Å². The molecule has 0 amide bonds. The van der Waals surface area contributed by atoms with Crippen LogP contribution in [0, 0.1) is 5.82 Å². The van der Waals surface area contributed by atoms with Crippen LogP contribution in [0.1, 0.15) is 23.6 Å². The molecule has 3 aromatic rings. The first-order valence-electron chi connectivity index (χ1n) is 6.08. The summed E-state index contributed by atoms with van der Waals surface area (Å²) in [5.41, 5.74) is 0.759. The van der Waals surface area contributed by atoms with Crippen LogP contribution in [0.5, 0.6) is 0 Å². The lowest BCUT2D eigenvalue weighted by molar-refractivity contribution is 0.212. The highest BCUT2D eigenvalue weighted by Gasteiger charge is 2.17. The zero-order valence-electron chi connectivity index (χ0n) is 10.4. The van der Waals surface area contributed by atoms with Gasteiger partial charge in [-0.2, -0.15) is 5.10 Å². The Morgan fingerprint density at radius 1 is 1.37 bits per heavy atom. The van der Waals surface area contributed by atoms with Gasteiger partial charge in [0, 0.05) is 22.3 Å². The van der Waals surface area contributed by atoms with Crippen molar-refractivity contribution in [1.29, 1.82) is 0 Å². The number of aliphatic hydroxyl groups excluding tert-OH is 1. The average molecular weight is 276 g/mol. The molecule has 2 aromatic heterocycles. The van der Waals surface area contributed by atoms with Crippen molar-refractivity contribution >= 4 is 21.4 Å². The molecule has 0 bridgehead atoms. The van der Waals surface area contributed by atoms with E-state index >= 15 is 0 Å². The van der Waals surface area contributed by atoms with Crippen molar-refractivity contribution in [2.45, 2.75) is 19.6 Å². The fourth-order valence-corrected chi connectivity index (χ4v) is 3.20. The lowest BCUT2D eigenvalue weighted by atomic mass is 10.2. The lowest BCUT2D eigenvalue weighted by Gasteiger charge is -2.10. The summed E-state index contributed by atoms with van der Waals surface area (Å²) in [6.45, 7) is 2.68. The molecule has 3 nitrogen and oxygen atoms in total. The van der Waals surface area contributed by atoms with Gasteiger partial charge in [-0.15, -0.1) is 11.3 Å². The second kappa shape index (κ2) is 4.75. The van der Waals surface area contributed by atoms with Gasteiger partial charge in [-0.25, -0.2) is 4.39 Å². The molecule has 1 atom stereocenters. The molecule has 1 N–H and O–H groups in total. The largest absolute Gasteiger partial charge is 0.381 e. The Morgan fingerprint density at radius 2 is 2.21 bits per heavy atom. The molecule has 0 saturated carbocycles. The van der Waals surface area contributed by atoms with E-state index in [1.807, 2.05) is 13.0 Å². The fraction of sp³-hybridized carbons (Fsp3) is 0.214. The zero-order chi connectivity index (χ0) is 13.4. The first kappa shape index (κ1) is 12.3. The molecule has 2 heterocycles. The molecule has 0 radical (unpaired) electrons. The molecule has 0 fully saturated rings. The molecule has 0 aliphatic rings. The minimum Gasteiger partial charge on any atom is -0.381 e. The SMILES string of the molecule is CCn1nccc1C(O)c1cc2cc(F)ccc2s1. The summed E-state index contributed by atoms with van der Waals surface area (Å²) in [5.74, 6) is -0.259. The van der Waals surface area contributed by atoms with Crippen molar-refractivity contribution in [1.82, 2.24) is 9.78 Å². The summed E-state index contributed by atoms with van der Waals surface area (Å²) < 4.78 is 15.9. The number of fused-ring (bicyclic) bond motifs is 1. The summed E-state index contributed by atoms with van der Waals surface area (Å²) in [6.07, 6.45) is 0.956. The Labute approximate surface area is 113 Å². The molecule has 0 aliphatic heterocycles. The van der Waals surface area contributed by atoms with E-state index in [-0.39, 0.29) is 5.82 Å². The van der Waals surface area contributed by atoms with E-state index in [1.54, 1.807) is 23.0 Å². The van der Waals surface area contributed by atoms with E-state index in [0.29, 0.717) is 6.54 Å². The number of nitrogens with zero attached hydrogens (tertiary/aromatic N) is 2. The van der Waals surface area contributed by atoms with Gasteiger partial charge in [-0.05, 0) is 42.6 Å². The molecular weight excluding hydrogens is 263 g/mol. The van der Waals surface area contributed by atoms with Gasteiger partial charge in [0.25, 0.3) is 0 Å².